The number of halogens is 1. The molecule has 3 nitrogen and oxygen atoms in total. The molecule has 0 radical (unpaired) electrons. The number of sulfone groups is 1. The maximum Gasteiger partial charge on any atom is 0.185 e. The standard InChI is InChI=1S/C21H17ClO3S/c22-18-13-11-17(12-14-18)21(15-20(23)16-7-3-1-4-8-16)26(24,25)19-9-5-2-6-10-19/h1-14,21H,15H2/t21-/m1/s1. The molecule has 5 heteroatoms. The first-order chi connectivity index (χ1) is 12.5. The molecule has 0 saturated heterocycles. The second kappa shape index (κ2) is 7.85. The Bertz CT molecular complexity index is 982. The predicted octanol–water partition coefficient (Wildman–Crippen LogP) is 5.13. The van der Waals surface area contributed by atoms with Crippen LogP contribution in [0.2, 0.25) is 5.02 Å². The van der Waals surface area contributed by atoms with E-state index in [2.05, 4.69) is 0 Å². The van der Waals surface area contributed by atoms with Crippen molar-refractivity contribution in [2.24, 2.45) is 0 Å². The largest absolute Gasteiger partial charge is 0.294 e. The monoisotopic (exact) mass is 384 g/mol. The van der Waals surface area contributed by atoms with Gasteiger partial charge in [0.15, 0.2) is 15.6 Å². The second-order valence-electron chi connectivity index (χ2n) is 5.89. The lowest BCUT2D eigenvalue weighted by Gasteiger charge is -2.18. The summed E-state index contributed by atoms with van der Waals surface area (Å²) in [6.07, 6.45) is -0.136. The number of hydrogen-bond donors (Lipinski definition) is 0. The lowest BCUT2D eigenvalue weighted by atomic mass is 10.0. The fraction of sp³-hybridized carbons (Fsp3) is 0.0952. The van der Waals surface area contributed by atoms with Crippen molar-refractivity contribution >= 4 is 27.2 Å². The number of ketones is 1. The van der Waals surface area contributed by atoms with E-state index in [1.807, 2.05) is 6.07 Å². The van der Waals surface area contributed by atoms with Crippen LogP contribution in [0.1, 0.15) is 27.6 Å². The maximum atomic E-state index is 13.2. The van der Waals surface area contributed by atoms with Crippen LogP contribution in [0.4, 0.5) is 0 Å². The normalized spacial score (nSPS) is 12.5. The molecule has 3 rings (SSSR count). The Labute approximate surface area is 158 Å². The highest BCUT2D eigenvalue weighted by Gasteiger charge is 2.31. The zero-order chi connectivity index (χ0) is 18.6. The molecule has 0 amide bonds. The van der Waals surface area contributed by atoms with Crippen LogP contribution in [-0.2, 0) is 9.84 Å². The molecule has 1 atom stereocenters. The topological polar surface area (TPSA) is 51.2 Å². The van der Waals surface area contributed by atoms with E-state index in [1.165, 1.54) is 0 Å². The van der Waals surface area contributed by atoms with Gasteiger partial charge in [0.1, 0.15) is 0 Å². The van der Waals surface area contributed by atoms with E-state index in [4.69, 9.17) is 11.6 Å². The van der Waals surface area contributed by atoms with Crippen molar-refractivity contribution in [1.29, 1.82) is 0 Å². The Morgan fingerprint density at radius 1 is 0.808 bits per heavy atom. The van der Waals surface area contributed by atoms with Gasteiger partial charge in [-0.2, -0.15) is 0 Å². The minimum atomic E-state index is -3.73. The Hall–Kier alpha value is -2.43. The van der Waals surface area contributed by atoms with E-state index in [0.717, 1.165) is 0 Å². The first kappa shape index (κ1) is 18.4. The van der Waals surface area contributed by atoms with Gasteiger partial charge in [-0.25, -0.2) is 8.42 Å². The van der Waals surface area contributed by atoms with Gasteiger partial charge in [-0.05, 0) is 29.8 Å². The van der Waals surface area contributed by atoms with Gasteiger partial charge < -0.3 is 0 Å². The molecule has 0 aliphatic carbocycles. The Balaban J connectivity index is 2.02. The summed E-state index contributed by atoms with van der Waals surface area (Å²) in [4.78, 5) is 12.9. The SMILES string of the molecule is O=C(C[C@H](c1ccc(Cl)cc1)S(=O)(=O)c1ccccc1)c1ccccc1. The van der Waals surface area contributed by atoms with Crippen LogP contribution >= 0.6 is 11.6 Å². The molecule has 3 aromatic carbocycles. The Kier molecular flexibility index (Phi) is 5.55. The summed E-state index contributed by atoms with van der Waals surface area (Å²) in [6, 6.07) is 23.5. The van der Waals surface area contributed by atoms with E-state index in [-0.39, 0.29) is 17.1 Å². The van der Waals surface area contributed by atoms with Gasteiger partial charge in [-0.3, -0.25) is 4.79 Å². The molecule has 0 aliphatic heterocycles. The van der Waals surface area contributed by atoms with Crippen LogP contribution < -0.4 is 0 Å². The van der Waals surface area contributed by atoms with Gasteiger partial charge in [0, 0.05) is 17.0 Å². The zero-order valence-corrected chi connectivity index (χ0v) is 15.5. The average Bonchev–Trinajstić information content (AvgIpc) is 2.68. The van der Waals surface area contributed by atoms with Crippen LogP contribution in [0.15, 0.2) is 89.8 Å². The van der Waals surface area contributed by atoms with E-state index in [9.17, 15) is 13.2 Å². The molecule has 0 fully saturated rings. The summed E-state index contributed by atoms with van der Waals surface area (Å²) in [6.45, 7) is 0. The quantitative estimate of drug-likeness (QED) is 0.553. The third-order valence-corrected chi connectivity index (χ3v) is 6.52. The summed E-state index contributed by atoms with van der Waals surface area (Å²) in [5.74, 6) is -0.218. The zero-order valence-electron chi connectivity index (χ0n) is 13.9. The van der Waals surface area contributed by atoms with E-state index >= 15 is 0 Å². The van der Waals surface area contributed by atoms with Crippen molar-refractivity contribution in [3.05, 3.63) is 101 Å². The van der Waals surface area contributed by atoms with Crippen molar-refractivity contribution in [3.8, 4) is 0 Å². The third kappa shape index (κ3) is 4.03. The van der Waals surface area contributed by atoms with Crippen molar-refractivity contribution in [3.63, 3.8) is 0 Å². The first-order valence-corrected chi connectivity index (χ1v) is 10.0. The molecule has 0 aromatic heterocycles. The number of benzene rings is 3. The van der Waals surface area contributed by atoms with Gasteiger partial charge in [0.05, 0.1) is 10.1 Å². The smallest absolute Gasteiger partial charge is 0.185 e. The highest BCUT2D eigenvalue weighted by molar-refractivity contribution is 7.91. The number of Topliss-reactive ketones (excluding diaryl/α,β-unsaturated/α-hetero) is 1. The fourth-order valence-electron chi connectivity index (χ4n) is 2.77. The summed E-state index contributed by atoms with van der Waals surface area (Å²) < 4.78 is 26.4. The van der Waals surface area contributed by atoms with E-state index in [0.29, 0.717) is 16.1 Å². The molecular weight excluding hydrogens is 368 g/mol. The highest BCUT2D eigenvalue weighted by atomic mass is 35.5. The fourth-order valence-corrected chi connectivity index (χ4v) is 4.65. The van der Waals surface area contributed by atoms with E-state index < -0.39 is 15.1 Å². The van der Waals surface area contributed by atoms with Gasteiger partial charge in [0.25, 0.3) is 0 Å². The number of carbonyl (C=O) groups excluding carboxylic acids is 1. The highest BCUT2D eigenvalue weighted by Crippen LogP contribution is 2.33. The molecule has 0 unspecified atom stereocenters. The summed E-state index contributed by atoms with van der Waals surface area (Å²) in [5.41, 5.74) is 1.04. The summed E-state index contributed by atoms with van der Waals surface area (Å²) in [7, 11) is -3.73. The maximum absolute atomic E-state index is 13.2. The van der Waals surface area contributed by atoms with Crippen LogP contribution in [0.5, 0.6) is 0 Å². The van der Waals surface area contributed by atoms with Crippen molar-refractivity contribution in [2.45, 2.75) is 16.6 Å². The molecule has 132 valence electrons. The second-order valence-corrected chi connectivity index (χ2v) is 8.46. The van der Waals surface area contributed by atoms with Crippen LogP contribution in [0.3, 0.4) is 0 Å². The van der Waals surface area contributed by atoms with Crippen molar-refractivity contribution < 1.29 is 13.2 Å². The number of carbonyl (C=O) groups is 1. The molecule has 26 heavy (non-hydrogen) atoms. The molecule has 0 heterocycles. The van der Waals surface area contributed by atoms with Crippen molar-refractivity contribution in [1.82, 2.24) is 0 Å². The van der Waals surface area contributed by atoms with Gasteiger partial charge in [-0.15, -0.1) is 0 Å². The lowest BCUT2D eigenvalue weighted by Crippen LogP contribution is -2.18. The van der Waals surface area contributed by atoms with Gasteiger partial charge >= 0.3 is 0 Å². The predicted molar refractivity (Wildman–Crippen MR) is 103 cm³/mol. The van der Waals surface area contributed by atoms with Gasteiger partial charge in [-0.1, -0.05) is 72.3 Å². The van der Waals surface area contributed by atoms with Crippen LogP contribution in [-0.4, -0.2) is 14.2 Å². The molecular formula is C21H17ClO3S. The Morgan fingerprint density at radius 2 is 1.35 bits per heavy atom. The minimum Gasteiger partial charge on any atom is -0.294 e. The summed E-state index contributed by atoms with van der Waals surface area (Å²) in [5, 5.41) is -0.464. The van der Waals surface area contributed by atoms with Gasteiger partial charge in [0.2, 0.25) is 0 Å². The molecule has 3 aromatic rings. The number of hydrogen-bond acceptors (Lipinski definition) is 3. The molecule has 0 bridgehead atoms. The Morgan fingerprint density at radius 3 is 1.92 bits per heavy atom. The number of rotatable bonds is 6. The lowest BCUT2D eigenvalue weighted by molar-refractivity contribution is 0.0980. The minimum absolute atomic E-state index is 0.136. The van der Waals surface area contributed by atoms with Crippen LogP contribution in [0.25, 0.3) is 0 Å². The first-order valence-electron chi connectivity index (χ1n) is 8.11. The third-order valence-electron chi connectivity index (χ3n) is 4.15. The van der Waals surface area contributed by atoms with Crippen molar-refractivity contribution in [2.75, 3.05) is 0 Å². The molecule has 0 N–H and O–H groups in total. The molecule has 0 saturated carbocycles. The van der Waals surface area contributed by atoms with E-state index in [1.54, 1.807) is 78.9 Å². The molecule has 0 aliphatic rings. The average molecular weight is 385 g/mol. The van der Waals surface area contributed by atoms with Crippen LogP contribution in [0, 0.1) is 0 Å². The summed E-state index contributed by atoms with van der Waals surface area (Å²) >= 11 is 5.93. The molecule has 0 spiro atoms.